The van der Waals surface area contributed by atoms with Crippen LogP contribution < -0.4 is 10.9 Å². The molecule has 0 radical (unpaired) electrons. The van der Waals surface area contributed by atoms with Gasteiger partial charge in [-0.3, -0.25) is 20.4 Å². The number of H-pyrrole nitrogens is 1. The Morgan fingerprint density at radius 1 is 1.26 bits per heavy atom. The molecular weight excluding hydrogens is 336 g/mol. The maximum atomic E-state index is 11.7. The zero-order chi connectivity index (χ0) is 13.8. The van der Waals surface area contributed by atoms with Gasteiger partial charge >= 0.3 is 0 Å². The van der Waals surface area contributed by atoms with Crippen molar-refractivity contribution in [2.75, 3.05) is 0 Å². The molecule has 0 saturated heterocycles. The Morgan fingerprint density at radius 3 is 2.63 bits per heavy atom. The maximum absolute atomic E-state index is 11.7. The van der Waals surface area contributed by atoms with Crippen molar-refractivity contribution in [3.63, 3.8) is 0 Å². The van der Waals surface area contributed by atoms with E-state index in [0.717, 1.165) is 4.47 Å². The number of rotatable bonds is 2. The summed E-state index contributed by atoms with van der Waals surface area (Å²) in [5.41, 5.74) is 5.17. The lowest BCUT2D eigenvalue weighted by Gasteiger charge is -2.06. The molecule has 6 nitrogen and oxygen atoms in total. The van der Waals surface area contributed by atoms with Crippen LogP contribution in [0.5, 0.6) is 0 Å². The molecule has 0 bridgehead atoms. The Labute approximate surface area is 121 Å². The van der Waals surface area contributed by atoms with Crippen LogP contribution in [-0.2, 0) is 0 Å². The minimum absolute atomic E-state index is 0.201. The van der Waals surface area contributed by atoms with Gasteiger partial charge in [0.2, 0.25) is 0 Å². The third kappa shape index (κ3) is 3.55. The number of hydrogen-bond donors (Lipinski definition) is 3. The Balaban J connectivity index is 1.95. The highest BCUT2D eigenvalue weighted by molar-refractivity contribution is 9.10. The van der Waals surface area contributed by atoms with Gasteiger partial charge in [-0.15, -0.1) is 0 Å². The first kappa shape index (κ1) is 13.6. The normalized spacial score (nSPS) is 10.0. The highest BCUT2D eigenvalue weighted by Gasteiger charge is 2.10. The predicted molar refractivity (Wildman–Crippen MR) is 72.7 cm³/mol. The highest BCUT2D eigenvalue weighted by atomic mass is 79.9. The second-order valence-electron chi connectivity index (χ2n) is 3.51. The molecule has 8 heteroatoms. The average Bonchev–Trinajstić information content (AvgIpc) is 2.82. The van der Waals surface area contributed by atoms with Gasteiger partial charge in [0.15, 0.2) is 0 Å². The van der Waals surface area contributed by atoms with Crippen LogP contribution in [0.25, 0.3) is 0 Å². The molecule has 2 aromatic heterocycles. The lowest BCUT2D eigenvalue weighted by molar-refractivity contribution is 0.0844. The zero-order valence-electron chi connectivity index (χ0n) is 9.41. The summed E-state index contributed by atoms with van der Waals surface area (Å²) >= 11 is 8.87. The van der Waals surface area contributed by atoms with Gasteiger partial charge in [-0.2, -0.15) is 0 Å². The summed E-state index contributed by atoms with van der Waals surface area (Å²) in [6, 6.07) is 4.47. The molecule has 0 aliphatic heterocycles. The number of hydrogen-bond acceptors (Lipinski definition) is 3. The van der Waals surface area contributed by atoms with Crippen molar-refractivity contribution in [3.05, 3.63) is 51.5 Å². The Bertz CT molecular complexity index is 629. The number of aromatic amines is 1. The van der Waals surface area contributed by atoms with Crippen LogP contribution in [0.3, 0.4) is 0 Å². The number of halogens is 2. The van der Waals surface area contributed by atoms with Gasteiger partial charge in [0.1, 0.15) is 10.8 Å². The second kappa shape index (κ2) is 5.85. The van der Waals surface area contributed by atoms with E-state index in [2.05, 4.69) is 36.7 Å². The first-order chi connectivity index (χ1) is 9.06. The van der Waals surface area contributed by atoms with E-state index in [9.17, 15) is 9.59 Å². The van der Waals surface area contributed by atoms with Crippen molar-refractivity contribution < 1.29 is 9.59 Å². The number of carbonyl (C=O) groups excluding carboxylic acids is 2. The van der Waals surface area contributed by atoms with Gasteiger partial charge < -0.3 is 4.98 Å². The van der Waals surface area contributed by atoms with Crippen LogP contribution in [0.2, 0.25) is 5.15 Å². The minimum Gasteiger partial charge on any atom is -0.356 e. The van der Waals surface area contributed by atoms with E-state index in [0.29, 0.717) is 11.3 Å². The molecule has 0 saturated carbocycles. The van der Waals surface area contributed by atoms with Gasteiger partial charge in [0.05, 0.1) is 0 Å². The van der Waals surface area contributed by atoms with Crippen molar-refractivity contribution >= 4 is 39.3 Å². The van der Waals surface area contributed by atoms with Crippen LogP contribution in [0, 0.1) is 0 Å². The van der Waals surface area contributed by atoms with E-state index in [-0.39, 0.29) is 5.15 Å². The maximum Gasteiger partial charge on any atom is 0.286 e. The van der Waals surface area contributed by atoms with E-state index < -0.39 is 11.8 Å². The van der Waals surface area contributed by atoms with Crippen molar-refractivity contribution in [2.24, 2.45) is 0 Å². The Morgan fingerprint density at radius 2 is 2.00 bits per heavy atom. The van der Waals surface area contributed by atoms with E-state index in [1.54, 1.807) is 12.3 Å². The monoisotopic (exact) mass is 342 g/mol. The molecule has 98 valence electrons. The van der Waals surface area contributed by atoms with E-state index >= 15 is 0 Å². The minimum atomic E-state index is -0.483. The number of hydrazine groups is 1. The van der Waals surface area contributed by atoms with Crippen molar-refractivity contribution in [1.82, 2.24) is 20.8 Å². The number of pyridine rings is 1. The molecule has 0 aliphatic rings. The van der Waals surface area contributed by atoms with Crippen LogP contribution in [-0.4, -0.2) is 21.8 Å². The van der Waals surface area contributed by atoms with Gasteiger partial charge in [-0.05, 0) is 34.1 Å². The summed E-state index contributed by atoms with van der Waals surface area (Å²) in [4.78, 5) is 29.8. The molecule has 0 unspecified atom stereocenters. The van der Waals surface area contributed by atoms with E-state index in [1.165, 1.54) is 18.3 Å². The highest BCUT2D eigenvalue weighted by Crippen LogP contribution is 2.10. The molecule has 0 aromatic carbocycles. The topological polar surface area (TPSA) is 86.9 Å². The zero-order valence-corrected chi connectivity index (χ0v) is 11.7. The molecular formula is C11H8BrClN4O2. The molecule has 2 amide bonds. The summed E-state index contributed by atoms with van der Waals surface area (Å²) in [6.45, 7) is 0. The summed E-state index contributed by atoms with van der Waals surface area (Å²) in [6.07, 6.45) is 3.01. The second-order valence-corrected chi connectivity index (χ2v) is 4.81. The van der Waals surface area contributed by atoms with E-state index in [1.807, 2.05) is 0 Å². The SMILES string of the molecule is O=C(NNC(=O)c1cc(Br)c[nH]1)c1ccnc(Cl)c1. The van der Waals surface area contributed by atoms with Crippen molar-refractivity contribution in [1.29, 1.82) is 0 Å². The molecule has 0 spiro atoms. The molecule has 2 heterocycles. The largest absolute Gasteiger partial charge is 0.356 e. The molecule has 0 aliphatic carbocycles. The van der Waals surface area contributed by atoms with Crippen molar-refractivity contribution in [2.45, 2.75) is 0 Å². The number of amides is 2. The summed E-state index contributed by atoms with van der Waals surface area (Å²) < 4.78 is 0.741. The van der Waals surface area contributed by atoms with Gasteiger partial charge in [0.25, 0.3) is 11.8 Å². The molecule has 2 aromatic rings. The third-order valence-corrected chi connectivity index (χ3v) is 2.84. The summed E-state index contributed by atoms with van der Waals surface area (Å²) in [5.74, 6) is -0.942. The lowest BCUT2D eigenvalue weighted by atomic mass is 10.2. The van der Waals surface area contributed by atoms with Gasteiger partial charge in [-0.25, -0.2) is 4.98 Å². The fourth-order valence-electron chi connectivity index (χ4n) is 1.30. The molecule has 2 rings (SSSR count). The number of aromatic nitrogens is 2. The van der Waals surface area contributed by atoms with E-state index in [4.69, 9.17) is 11.6 Å². The molecule has 0 fully saturated rings. The Kier molecular flexibility index (Phi) is 4.18. The quantitative estimate of drug-likeness (QED) is 0.575. The van der Waals surface area contributed by atoms with Crippen molar-refractivity contribution in [3.8, 4) is 0 Å². The molecule has 19 heavy (non-hydrogen) atoms. The summed E-state index contributed by atoms with van der Waals surface area (Å²) in [7, 11) is 0. The summed E-state index contributed by atoms with van der Waals surface area (Å²) in [5, 5.41) is 0.201. The van der Waals surface area contributed by atoms with Crippen LogP contribution >= 0.6 is 27.5 Å². The smallest absolute Gasteiger partial charge is 0.286 e. The van der Waals surface area contributed by atoms with Crippen LogP contribution in [0.1, 0.15) is 20.8 Å². The predicted octanol–water partition coefficient (Wildman–Crippen LogP) is 1.90. The number of nitrogens with one attached hydrogen (secondary N) is 3. The fourth-order valence-corrected chi connectivity index (χ4v) is 1.81. The first-order valence-electron chi connectivity index (χ1n) is 5.12. The van der Waals surface area contributed by atoms with Crippen LogP contribution in [0.4, 0.5) is 0 Å². The van der Waals surface area contributed by atoms with Gasteiger partial charge in [0, 0.05) is 22.4 Å². The third-order valence-electron chi connectivity index (χ3n) is 2.17. The first-order valence-corrected chi connectivity index (χ1v) is 6.29. The number of carbonyl (C=O) groups is 2. The molecule has 0 atom stereocenters. The molecule has 3 N–H and O–H groups in total. The van der Waals surface area contributed by atoms with Gasteiger partial charge in [-0.1, -0.05) is 11.6 Å². The average molecular weight is 344 g/mol. The number of nitrogens with zero attached hydrogens (tertiary/aromatic N) is 1. The standard InChI is InChI=1S/C11H8BrClN4O2/c12-7-4-8(15-5-7)11(19)17-16-10(18)6-1-2-14-9(13)3-6/h1-5,15H,(H,16,18)(H,17,19). The Hall–Kier alpha value is -1.86. The van der Waals surface area contributed by atoms with Crippen LogP contribution in [0.15, 0.2) is 35.1 Å². The lowest BCUT2D eigenvalue weighted by Crippen LogP contribution is -2.41. The fraction of sp³-hybridized carbons (Fsp3) is 0.